The average molecular weight is 253 g/mol. The Labute approximate surface area is 105 Å². The van der Waals surface area contributed by atoms with Gasteiger partial charge in [-0.15, -0.1) is 11.6 Å². The topological polar surface area (TPSA) is 54.4 Å². The molecule has 0 aliphatic carbocycles. The number of rotatable bonds is 5. The maximum atomic E-state index is 11.8. The Bertz CT molecular complexity index is 464. The Balaban J connectivity index is 3.12. The summed E-state index contributed by atoms with van der Waals surface area (Å²) in [5, 5.41) is 8.57. The minimum Gasteiger partial charge on any atom is -0.478 e. The molecule has 0 aromatic heterocycles. The van der Waals surface area contributed by atoms with E-state index in [4.69, 9.17) is 16.7 Å². The largest absolute Gasteiger partial charge is 0.478 e. The first-order valence-electron chi connectivity index (χ1n) is 5.15. The molecule has 0 spiro atoms. The average Bonchev–Trinajstić information content (AvgIpc) is 2.27. The highest BCUT2D eigenvalue weighted by Gasteiger charge is 2.09. The van der Waals surface area contributed by atoms with Gasteiger partial charge in [-0.25, -0.2) is 4.79 Å². The van der Waals surface area contributed by atoms with Crippen molar-refractivity contribution in [1.29, 1.82) is 0 Å². The molecule has 0 fully saturated rings. The van der Waals surface area contributed by atoms with E-state index in [1.807, 2.05) is 13.0 Å². The number of aryl methyl sites for hydroxylation is 1. The van der Waals surface area contributed by atoms with Gasteiger partial charge >= 0.3 is 5.97 Å². The number of carbonyl (C=O) groups excluding carboxylic acids is 1. The van der Waals surface area contributed by atoms with Crippen molar-refractivity contribution >= 4 is 29.4 Å². The minimum atomic E-state index is -1.04. The molecule has 0 unspecified atom stereocenters. The Hall–Kier alpha value is -1.61. The summed E-state index contributed by atoms with van der Waals surface area (Å²) in [6, 6.07) is 5.31. The molecule has 0 radical (unpaired) electrons. The third-order valence-electron chi connectivity index (χ3n) is 2.24. The Morgan fingerprint density at radius 1 is 1.41 bits per heavy atom. The van der Waals surface area contributed by atoms with Crippen molar-refractivity contribution in [2.24, 2.45) is 0 Å². The molecule has 0 amide bonds. The predicted molar refractivity (Wildman–Crippen MR) is 67.5 cm³/mol. The number of benzene rings is 1. The van der Waals surface area contributed by atoms with Gasteiger partial charge in [-0.1, -0.05) is 17.7 Å². The van der Waals surface area contributed by atoms with Crippen LogP contribution in [0.5, 0.6) is 0 Å². The van der Waals surface area contributed by atoms with E-state index >= 15 is 0 Å². The molecule has 0 aliphatic rings. The molecule has 90 valence electrons. The van der Waals surface area contributed by atoms with Gasteiger partial charge in [0.15, 0.2) is 5.78 Å². The van der Waals surface area contributed by atoms with Crippen molar-refractivity contribution in [2.45, 2.75) is 13.3 Å². The third kappa shape index (κ3) is 4.04. The summed E-state index contributed by atoms with van der Waals surface area (Å²) < 4.78 is 0. The van der Waals surface area contributed by atoms with Gasteiger partial charge in [0, 0.05) is 23.9 Å². The summed E-state index contributed by atoms with van der Waals surface area (Å²) in [7, 11) is 0. The van der Waals surface area contributed by atoms with E-state index in [2.05, 4.69) is 0 Å². The second-order valence-electron chi connectivity index (χ2n) is 3.62. The summed E-state index contributed by atoms with van der Waals surface area (Å²) in [6.07, 6.45) is 2.68. The second-order valence-corrected chi connectivity index (χ2v) is 4.00. The SMILES string of the molecule is Cc1ccc(/C=C/C(=O)O)c(C(=O)CCCl)c1. The normalized spacial score (nSPS) is 10.7. The summed E-state index contributed by atoms with van der Waals surface area (Å²) in [6.45, 7) is 1.88. The van der Waals surface area contributed by atoms with E-state index < -0.39 is 5.97 Å². The van der Waals surface area contributed by atoms with Gasteiger partial charge in [-0.2, -0.15) is 0 Å². The van der Waals surface area contributed by atoms with Crippen molar-refractivity contribution in [3.8, 4) is 0 Å². The second kappa shape index (κ2) is 6.21. The van der Waals surface area contributed by atoms with E-state index in [1.165, 1.54) is 6.08 Å². The first kappa shape index (κ1) is 13.5. The molecule has 17 heavy (non-hydrogen) atoms. The Kier molecular flexibility index (Phi) is 4.91. The molecule has 1 aromatic carbocycles. The van der Waals surface area contributed by atoms with Crippen LogP contribution in [-0.4, -0.2) is 22.7 Å². The number of Topliss-reactive ketones (excluding diaryl/α,β-unsaturated/α-hetero) is 1. The lowest BCUT2D eigenvalue weighted by Crippen LogP contribution is -2.03. The van der Waals surface area contributed by atoms with Gasteiger partial charge in [-0.05, 0) is 24.6 Å². The van der Waals surface area contributed by atoms with E-state index in [9.17, 15) is 9.59 Å². The van der Waals surface area contributed by atoms with Crippen LogP contribution in [0.15, 0.2) is 24.3 Å². The van der Waals surface area contributed by atoms with Gasteiger partial charge in [0.25, 0.3) is 0 Å². The van der Waals surface area contributed by atoms with Gasteiger partial charge in [0.2, 0.25) is 0 Å². The van der Waals surface area contributed by atoms with Crippen molar-refractivity contribution in [3.05, 3.63) is 41.0 Å². The van der Waals surface area contributed by atoms with Crippen molar-refractivity contribution in [2.75, 3.05) is 5.88 Å². The molecular weight excluding hydrogens is 240 g/mol. The number of halogens is 1. The van der Waals surface area contributed by atoms with Crippen LogP contribution in [0.2, 0.25) is 0 Å². The number of carbonyl (C=O) groups is 2. The molecule has 0 heterocycles. The number of alkyl halides is 1. The molecule has 0 aliphatic heterocycles. The monoisotopic (exact) mass is 252 g/mol. The summed E-state index contributed by atoms with van der Waals surface area (Å²) in [5.41, 5.74) is 2.08. The highest BCUT2D eigenvalue weighted by molar-refractivity contribution is 6.19. The molecule has 1 rings (SSSR count). The zero-order valence-corrected chi connectivity index (χ0v) is 10.2. The summed E-state index contributed by atoms with van der Waals surface area (Å²) in [4.78, 5) is 22.3. The van der Waals surface area contributed by atoms with Crippen molar-refractivity contribution in [1.82, 2.24) is 0 Å². The minimum absolute atomic E-state index is 0.0752. The van der Waals surface area contributed by atoms with Crippen LogP contribution in [0.1, 0.15) is 27.9 Å². The number of hydrogen-bond donors (Lipinski definition) is 1. The number of carboxylic acid groups (broad SMARTS) is 1. The van der Waals surface area contributed by atoms with Gasteiger partial charge in [0.05, 0.1) is 0 Å². The number of hydrogen-bond acceptors (Lipinski definition) is 2. The molecular formula is C13H13ClO3. The molecule has 4 heteroatoms. The summed E-state index contributed by atoms with van der Waals surface area (Å²) >= 11 is 5.53. The lowest BCUT2D eigenvalue weighted by molar-refractivity contribution is -0.131. The quantitative estimate of drug-likeness (QED) is 0.498. The van der Waals surface area contributed by atoms with Crippen molar-refractivity contribution in [3.63, 3.8) is 0 Å². The number of ketones is 1. The van der Waals surface area contributed by atoms with Crippen LogP contribution in [0.3, 0.4) is 0 Å². The highest BCUT2D eigenvalue weighted by atomic mass is 35.5. The van der Waals surface area contributed by atoms with E-state index in [1.54, 1.807) is 12.1 Å². The molecule has 1 aromatic rings. The maximum absolute atomic E-state index is 11.8. The maximum Gasteiger partial charge on any atom is 0.328 e. The van der Waals surface area contributed by atoms with Crippen LogP contribution in [0.4, 0.5) is 0 Å². The summed E-state index contributed by atoms with van der Waals surface area (Å²) in [5.74, 6) is -0.857. The van der Waals surface area contributed by atoms with Gasteiger partial charge in [-0.3, -0.25) is 4.79 Å². The number of aliphatic carboxylic acids is 1. The van der Waals surface area contributed by atoms with E-state index in [-0.39, 0.29) is 18.1 Å². The van der Waals surface area contributed by atoms with Crippen LogP contribution in [-0.2, 0) is 4.79 Å². The fourth-order valence-electron chi connectivity index (χ4n) is 1.44. The first-order valence-corrected chi connectivity index (χ1v) is 5.69. The van der Waals surface area contributed by atoms with Crippen LogP contribution < -0.4 is 0 Å². The zero-order chi connectivity index (χ0) is 12.8. The first-order chi connectivity index (χ1) is 8.04. The molecule has 0 atom stereocenters. The van der Waals surface area contributed by atoms with E-state index in [0.717, 1.165) is 11.6 Å². The molecule has 1 N–H and O–H groups in total. The standard InChI is InChI=1S/C13H13ClO3/c1-9-2-3-10(4-5-13(16)17)11(8-9)12(15)6-7-14/h2-5,8H,6-7H2,1H3,(H,16,17)/b5-4+. The molecule has 3 nitrogen and oxygen atoms in total. The highest BCUT2D eigenvalue weighted by Crippen LogP contribution is 2.16. The van der Waals surface area contributed by atoms with Crippen LogP contribution in [0, 0.1) is 6.92 Å². The predicted octanol–water partition coefficient (Wildman–Crippen LogP) is 2.90. The Morgan fingerprint density at radius 2 is 2.12 bits per heavy atom. The Morgan fingerprint density at radius 3 is 2.71 bits per heavy atom. The van der Waals surface area contributed by atoms with Gasteiger partial charge in [0.1, 0.15) is 0 Å². The smallest absolute Gasteiger partial charge is 0.328 e. The fraction of sp³-hybridized carbons (Fsp3) is 0.231. The van der Waals surface area contributed by atoms with Gasteiger partial charge < -0.3 is 5.11 Å². The molecule has 0 saturated heterocycles. The fourth-order valence-corrected chi connectivity index (χ4v) is 1.61. The number of carboxylic acids is 1. The van der Waals surface area contributed by atoms with E-state index in [0.29, 0.717) is 11.1 Å². The molecule has 0 bridgehead atoms. The van der Waals surface area contributed by atoms with Crippen LogP contribution in [0.25, 0.3) is 6.08 Å². The molecule has 0 saturated carbocycles. The third-order valence-corrected chi connectivity index (χ3v) is 2.43. The van der Waals surface area contributed by atoms with Crippen LogP contribution >= 0.6 is 11.6 Å². The van der Waals surface area contributed by atoms with Crippen molar-refractivity contribution < 1.29 is 14.7 Å². The zero-order valence-electron chi connectivity index (χ0n) is 9.44. The lowest BCUT2D eigenvalue weighted by atomic mass is 9.99. The lowest BCUT2D eigenvalue weighted by Gasteiger charge is -2.05.